The van der Waals surface area contributed by atoms with Gasteiger partial charge < -0.3 is 10.0 Å². The van der Waals surface area contributed by atoms with Gasteiger partial charge in [0.05, 0.1) is 6.42 Å². The van der Waals surface area contributed by atoms with Gasteiger partial charge in [0.1, 0.15) is 0 Å². The maximum Gasteiger partial charge on any atom is 0.303 e. The first-order chi connectivity index (χ1) is 14.1. The zero-order valence-corrected chi connectivity index (χ0v) is 16.3. The molecule has 0 bridgehead atoms. The number of carbonyl (C=O) groups excluding carboxylic acids is 1. The first-order valence-electron chi connectivity index (χ1n) is 10.2. The molecule has 0 aliphatic carbocycles. The SMILES string of the molecule is O=C(O)CC(c1ccccc1)C1CCN(C(=O)c2ccc3ccccc3c2)CC1. The van der Waals surface area contributed by atoms with Crippen molar-refractivity contribution in [1.29, 1.82) is 0 Å². The molecule has 0 aromatic heterocycles. The molecule has 3 aromatic carbocycles. The highest BCUT2D eigenvalue weighted by Crippen LogP contribution is 2.35. The van der Waals surface area contributed by atoms with Crippen molar-refractivity contribution >= 4 is 22.6 Å². The summed E-state index contributed by atoms with van der Waals surface area (Å²) in [5.74, 6) is -0.446. The molecule has 3 aromatic rings. The van der Waals surface area contributed by atoms with Gasteiger partial charge in [-0.1, -0.05) is 60.7 Å². The Balaban J connectivity index is 1.46. The molecule has 1 aliphatic rings. The molecule has 1 N–H and O–H groups in total. The lowest BCUT2D eigenvalue weighted by Gasteiger charge is -2.36. The second kappa shape index (κ2) is 8.48. The number of likely N-dealkylation sites (tertiary alicyclic amines) is 1. The van der Waals surface area contributed by atoms with Crippen LogP contribution in [-0.4, -0.2) is 35.0 Å². The van der Waals surface area contributed by atoms with Gasteiger partial charge in [0.15, 0.2) is 0 Å². The molecule has 1 heterocycles. The molecule has 1 amide bonds. The third-order valence-electron chi connectivity index (χ3n) is 6.01. The van der Waals surface area contributed by atoms with E-state index in [4.69, 9.17) is 0 Å². The van der Waals surface area contributed by atoms with Crippen molar-refractivity contribution < 1.29 is 14.7 Å². The number of carboxylic acids is 1. The normalized spacial score (nSPS) is 15.9. The minimum absolute atomic E-state index is 0.00776. The van der Waals surface area contributed by atoms with E-state index in [1.165, 1.54) is 0 Å². The van der Waals surface area contributed by atoms with Gasteiger partial charge >= 0.3 is 5.97 Å². The Labute approximate surface area is 170 Å². The summed E-state index contributed by atoms with van der Waals surface area (Å²) in [6.45, 7) is 1.33. The van der Waals surface area contributed by atoms with E-state index in [0.29, 0.717) is 18.7 Å². The molecule has 1 atom stereocenters. The van der Waals surface area contributed by atoms with Crippen LogP contribution >= 0.6 is 0 Å². The second-order valence-corrected chi connectivity index (χ2v) is 7.81. The Kier molecular flexibility index (Phi) is 5.61. The summed E-state index contributed by atoms with van der Waals surface area (Å²) < 4.78 is 0. The van der Waals surface area contributed by atoms with Crippen LogP contribution in [0.5, 0.6) is 0 Å². The van der Waals surface area contributed by atoms with Crippen LogP contribution in [-0.2, 0) is 4.79 Å². The average Bonchev–Trinajstić information content (AvgIpc) is 2.77. The van der Waals surface area contributed by atoms with Crippen LogP contribution in [0.15, 0.2) is 72.8 Å². The van der Waals surface area contributed by atoms with Gasteiger partial charge in [0.2, 0.25) is 0 Å². The van der Waals surface area contributed by atoms with Crippen LogP contribution < -0.4 is 0 Å². The van der Waals surface area contributed by atoms with Gasteiger partial charge in [-0.05, 0) is 53.1 Å². The molecule has 148 valence electrons. The van der Waals surface area contributed by atoms with Gasteiger partial charge in [-0.3, -0.25) is 9.59 Å². The number of aliphatic carboxylic acids is 1. The fourth-order valence-corrected chi connectivity index (χ4v) is 4.45. The molecule has 4 nitrogen and oxygen atoms in total. The molecule has 29 heavy (non-hydrogen) atoms. The Bertz CT molecular complexity index is 1010. The largest absolute Gasteiger partial charge is 0.481 e. The van der Waals surface area contributed by atoms with Gasteiger partial charge in [0.25, 0.3) is 5.91 Å². The number of hydrogen-bond donors (Lipinski definition) is 1. The fraction of sp³-hybridized carbons (Fsp3) is 0.280. The zero-order chi connectivity index (χ0) is 20.2. The Morgan fingerprint density at radius 1 is 0.897 bits per heavy atom. The topological polar surface area (TPSA) is 57.6 Å². The van der Waals surface area contributed by atoms with Crippen LogP contribution in [0.25, 0.3) is 10.8 Å². The summed E-state index contributed by atoms with van der Waals surface area (Å²) in [7, 11) is 0. The zero-order valence-electron chi connectivity index (χ0n) is 16.3. The Hall–Kier alpha value is -3.14. The molecule has 0 saturated carbocycles. The Morgan fingerprint density at radius 3 is 2.24 bits per heavy atom. The minimum Gasteiger partial charge on any atom is -0.481 e. The molecular formula is C25H25NO3. The lowest BCUT2D eigenvalue weighted by Crippen LogP contribution is -2.40. The quantitative estimate of drug-likeness (QED) is 0.674. The molecule has 1 aliphatic heterocycles. The number of carboxylic acid groups (broad SMARTS) is 1. The highest BCUT2D eigenvalue weighted by Gasteiger charge is 2.31. The first kappa shape index (κ1) is 19.2. The number of rotatable bonds is 5. The summed E-state index contributed by atoms with van der Waals surface area (Å²) >= 11 is 0. The molecule has 4 heteroatoms. The summed E-state index contributed by atoms with van der Waals surface area (Å²) in [6, 6.07) is 23.8. The molecule has 4 rings (SSSR count). The summed E-state index contributed by atoms with van der Waals surface area (Å²) in [6.07, 6.45) is 1.78. The van der Waals surface area contributed by atoms with E-state index < -0.39 is 5.97 Å². The van der Waals surface area contributed by atoms with Crippen LogP contribution in [0.3, 0.4) is 0 Å². The van der Waals surface area contributed by atoms with Gasteiger partial charge in [-0.15, -0.1) is 0 Å². The van der Waals surface area contributed by atoms with E-state index in [2.05, 4.69) is 0 Å². The second-order valence-electron chi connectivity index (χ2n) is 7.81. The number of nitrogens with zero attached hydrogens (tertiary/aromatic N) is 1. The van der Waals surface area contributed by atoms with Gasteiger partial charge in [-0.25, -0.2) is 0 Å². The fourth-order valence-electron chi connectivity index (χ4n) is 4.45. The third-order valence-corrected chi connectivity index (χ3v) is 6.01. The van der Waals surface area contributed by atoms with E-state index in [1.807, 2.05) is 77.7 Å². The van der Waals surface area contributed by atoms with Gasteiger partial charge in [0, 0.05) is 18.7 Å². The average molecular weight is 387 g/mol. The smallest absolute Gasteiger partial charge is 0.303 e. The van der Waals surface area contributed by atoms with Gasteiger partial charge in [-0.2, -0.15) is 0 Å². The van der Waals surface area contributed by atoms with Crippen LogP contribution in [0, 0.1) is 5.92 Å². The Morgan fingerprint density at radius 2 is 1.55 bits per heavy atom. The van der Waals surface area contributed by atoms with Crippen LogP contribution in [0.1, 0.15) is 41.1 Å². The number of hydrogen-bond acceptors (Lipinski definition) is 2. The molecule has 1 saturated heterocycles. The van der Waals surface area contributed by atoms with E-state index in [1.54, 1.807) is 0 Å². The van der Waals surface area contributed by atoms with Crippen LogP contribution in [0.4, 0.5) is 0 Å². The van der Waals surface area contributed by atoms with Crippen molar-refractivity contribution in [2.75, 3.05) is 13.1 Å². The molecule has 0 radical (unpaired) electrons. The number of benzene rings is 3. The van der Waals surface area contributed by atoms with Crippen molar-refractivity contribution in [3.05, 3.63) is 83.9 Å². The summed E-state index contributed by atoms with van der Waals surface area (Å²) in [5.41, 5.74) is 1.79. The minimum atomic E-state index is -0.770. The number of fused-ring (bicyclic) bond motifs is 1. The summed E-state index contributed by atoms with van der Waals surface area (Å²) in [4.78, 5) is 26.3. The van der Waals surface area contributed by atoms with Crippen molar-refractivity contribution in [3.63, 3.8) is 0 Å². The molecule has 1 fully saturated rings. The highest BCUT2D eigenvalue weighted by atomic mass is 16.4. The maximum atomic E-state index is 13.0. The van der Waals surface area contributed by atoms with E-state index >= 15 is 0 Å². The monoisotopic (exact) mass is 387 g/mol. The number of carbonyl (C=O) groups is 2. The molecule has 1 unspecified atom stereocenters. The molecular weight excluding hydrogens is 362 g/mol. The highest BCUT2D eigenvalue weighted by molar-refractivity contribution is 5.98. The van der Waals surface area contributed by atoms with Crippen molar-refractivity contribution in [3.8, 4) is 0 Å². The van der Waals surface area contributed by atoms with Crippen molar-refractivity contribution in [1.82, 2.24) is 4.90 Å². The van der Waals surface area contributed by atoms with E-state index in [0.717, 1.165) is 29.2 Å². The summed E-state index contributed by atoms with van der Waals surface area (Å²) in [5, 5.41) is 11.6. The van der Waals surface area contributed by atoms with E-state index in [9.17, 15) is 14.7 Å². The number of piperidine rings is 1. The van der Waals surface area contributed by atoms with Crippen LogP contribution in [0.2, 0.25) is 0 Å². The predicted molar refractivity (Wildman–Crippen MR) is 114 cm³/mol. The van der Waals surface area contributed by atoms with Crippen molar-refractivity contribution in [2.24, 2.45) is 5.92 Å². The van der Waals surface area contributed by atoms with Crippen molar-refractivity contribution in [2.45, 2.75) is 25.2 Å². The van der Waals surface area contributed by atoms with E-state index in [-0.39, 0.29) is 24.2 Å². The third kappa shape index (κ3) is 4.32. The maximum absolute atomic E-state index is 13.0. The lowest BCUT2D eigenvalue weighted by atomic mass is 9.78. The molecule has 0 spiro atoms. The first-order valence-corrected chi connectivity index (χ1v) is 10.2. The number of amides is 1. The standard InChI is InChI=1S/C25H25NO3/c27-24(28)17-23(19-7-2-1-3-8-19)20-12-14-26(15-13-20)25(29)22-11-10-18-6-4-5-9-21(18)16-22/h1-11,16,20,23H,12-15,17H2,(H,27,28). The lowest BCUT2D eigenvalue weighted by molar-refractivity contribution is -0.137. The predicted octanol–water partition coefficient (Wildman–Crippen LogP) is 4.95.